The normalized spacial score (nSPS) is 23.2. The van der Waals surface area contributed by atoms with Crippen LogP contribution in [0.25, 0.3) is 0 Å². The molecule has 0 bridgehead atoms. The first kappa shape index (κ1) is 23.8. The van der Waals surface area contributed by atoms with Crippen LogP contribution in [0.4, 0.5) is 5.69 Å². The Bertz CT molecular complexity index is 870. The summed E-state index contributed by atoms with van der Waals surface area (Å²) < 4.78 is 30.8. The minimum absolute atomic E-state index is 0.164. The molecule has 2 aliphatic heterocycles. The number of hydrogen-bond donors (Lipinski definition) is 2. The van der Waals surface area contributed by atoms with E-state index in [0.29, 0.717) is 52.1 Å². The van der Waals surface area contributed by atoms with Crippen molar-refractivity contribution in [3.8, 4) is 5.75 Å². The van der Waals surface area contributed by atoms with E-state index in [9.17, 15) is 18.3 Å². The smallest absolute Gasteiger partial charge is 0.225 e. The van der Waals surface area contributed by atoms with Crippen LogP contribution in [0.5, 0.6) is 5.75 Å². The van der Waals surface area contributed by atoms with E-state index in [0.717, 1.165) is 11.4 Å². The van der Waals surface area contributed by atoms with E-state index in [1.165, 1.54) is 10.6 Å². The second-order valence-corrected chi connectivity index (χ2v) is 10.6. The molecule has 1 amide bonds. The lowest BCUT2D eigenvalue weighted by Crippen LogP contribution is -2.52. The number of hydrogen-bond acceptors (Lipinski definition) is 7. The molecular formula is C21H34N4O5S. The molecule has 9 nitrogen and oxygen atoms in total. The van der Waals surface area contributed by atoms with Crippen molar-refractivity contribution in [1.82, 2.24) is 14.5 Å². The summed E-state index contributed by atoms with van der Waals surface area (Å²) in [6.45, 7) is 3.24. The van der Waals surface area contributed by atoms with E-state index >= 15 is 0 Å². The molecular weight excluding hydrogens is 420 g/mol. The first-order chi connectivity index (χ1) is 14.6. The molecule has 1 unspecified atom stereocenters. The number of nitrogens with zero attached hydrogens (tertiary/aromatic N) is 3. The second-order valence-electron chi connectivity index (χ2n) is 8.58. The van der Waals surface area contributed by atoms with E-state index in [2.05, 4.69) is 10.2 Å². The van der Waals surface area contributed by atoms with Crippen molar-refractivity contribution in [3.05, 3.63) is 24.3 Å². The Morgan fingerprint density at radius 1 is 1.23 bits per heavy atom. The van der Waals surface area contributed by atoms with Crippen molar-refractivity contribution in [1.29, 1.82) is 0 Å². The van der Waals surface area contributed by atoms with Gasteiger partial charge in [-0.1, -0.05) is 6.07 Å². The standard InChI is InChI=1S/C21H34N4O5S/c1-22-20(26)17-14-23(11-12-25(15-17)31(3,28)29)16-21(27)7-9-24(10-8-21)18-5-4-6-19(13-18)30-2/h4-6,13,17,27H,7-12,14-16H2,1-3H3,(H,22,26). The molecule has 31 heavy (non-hydrogen) atoms. The number of methoxy groups -OCH3 is 1. The average molecular weight is 455 g/mol. The lowest BCUT2D eigenvalue weighted by atomic mass is 9.90. The van der Waals surface area contributed by atoms with Gasteiger partial charge in [0.2, 0.25) is 15.9 Å². The molecule has 2 saturated heterocycles. The number of carbonyl (C=O) groups excluding carboxylic acids is 1. The molecule has 174 valence electrons. The predicted molar refractivity (Wildman–Crippen MR) is 120 cm³/mol. The van der Waals surface area contributed by atoms with Crippen molar-refractivity contribution in [2.75, 3.05) is 71.1 Å². The van der Waals surface area contributed by atoms with Crippen molar-refractivity contribution >= 4 is 21.6 Å². The first-order valence-electron chi connectivity index (χ1n) is 10.6. The fourth-order valence-corrected chi connectivity index (χ4v) is 5.29. The molecule has 0 aromatic heterocycles. The number of anilines is 1. The number of nitrogens with one attached hydrogen (secondary N) is 1. The van der Waals surface area contributed by atoms with Gasteiger partial charge in [-0.2, -0.15) is 0 Å². The minimum Gasteiger partial charge on any atom is -0.497 e. The average Bonchev–Trinajstić information content (AvgIpc) is 2.96. The molecule has 2 fully saturated rings. The largest absolute Gasteiger partial charge is 0.497 e. The highest BCUT2D eigenvalue weighted by atomic mass is 32.2. The maximum Gasteiger partial charge on any atom is 0.225 e. The molecule has 2 N–H and O–H groups in total. The van der Waals surface area contributed by atoms with E-state index in [1.807, 2.05) is 29.2 Å². The molecule has 1 aromatic carbocycles. The molecule has 10 heteroatoms. The van der Waals surface area contributed by atoms with Crippen LogP contribution in [0.3, 0.4) is 0 Å². The zero-order valence-corrected chi connectivity index (χ0v) is 19.4. The van der Waals surface area contributed by atoms with Gasteiger partial charge in [0.15, 0.2) is 0 Å². The zero-order chi connectivity index (χ0) is 22.6. The number of rotatable bonds is 6. The van der Waals surface area contributed by atoms with E-state index in [4.69, 9.17) is 4.74 Å². The number of β-amino-alcohol motifs (C(OH)–C–C–N with tert-alkyl or cyclic N) is 1. The van der Waals surface area contributed by atoms with Gasteiger partial charge in [-0.15, -0.1) is 0 Å². The zero-order valence-electron chi connectivity index (χ0n) is 18.6. The highest BCUT2D eigenvalue weighted by Crippen LogP contribution is 2.29. The molecule has 2 heterocycles. The fourth-order valence-electron chi connectivity index (χ4n) is 4.43. The Hall–Kier alpha value is -1.88. The van der Waals surface area contributed by atoms with Gasteiger partial charge in [-0.3, -0.25) is 9.69 Å². The molecule has 1 aromatic rings. The molecule has 2 aliphatic rings. The lowest BCUT2D eigenvalue weighted by molar-refractivity contribution is -0.125. The molecule has 0 radical (unpaired) electrons. The van der Waals surface area contributed by atoms with Crippen LogP contribution < -0.4 is 15.0 Å². The van der Waals surface area contributed by atoms with Gasteiger partial charge in [-0.05, 0) is 25.0 Å². The monoisotopic (exact) mass is 454 g/mol. The van der Waals surface area contributed by atoms with Gasteiger partial charge in [0.1, 0.15) is 5.75 Å². The quantitative estimate of drug-likeness (QED) is 0.622. The van der Waals surface area contributed by atoms with Crippen LogP contribution in [-0.4, -0.2) is 100 Å². The van der Waals surface area contributed by atoms with Crippen molar-refractivity contribution in [2.45, 2.75) is 18.4 Å². The van der Waals surface area contributed by atoms with E-state index in [-0.39, 0.29) is 12.5 Å². The summed E-state index contributed by atoms with van der Waals surface area (Å²) in [7, 11) is -0.187. The Morgan fingerprint density at radius 3 is 2.55 bits per heavy atom. The highest BCUT2D eigenvalue weighted by Gasteiger charge is 2.37. The van der Waals surface area contributed by atoms with Gasteiger partial charge in [0.05, 0.1) is 24.9 Å². The number of amides is 1. The number of carbonyl (C=O) groups is 1. The summed E-state index contributed by atoms with van der Waals surface area (Å²) in [5.41, 5.74) is 0.197. The second kappa shape index (κ2) is 9.72. The molecule has 0 aliphatic carbocycles. The summed E-state index contributed by atoms with van der Waals surface area (Å²) in [5, 5.41) is 13.9. The van der Waals surface area contributed by atoms with Gasteiger partial charge >= 0.3 is 0 Å². The van der Waals surface area contributed by atoms with Crippen molar-refractivity contribution in [3.63, 3.8) is 0 Å². The Kier molecular flexibility index (Phi) is 7.46. The molecule has 1 atom stereocenters. The van der Waals surface area contributed by atoms with Crippen LogP contribution in [0.15, 0.2) is 24.3 Å². The number of sulfonamides is 1. The van der Waals surface area contributed by atoms with Crippen LogP contribution >= 0.6 is 0 Å². The van der Waals surface area contributed by atoms with Gasteiger partial charge in [-0.25, -0.2) is 12.7 Å². The Balaban J connectivity index is 1.64. The molecule has 0 saturated carbocycles. The minimum atomic E-state index is -3.39. The predicted octanol–water partition coefficient (Wildman–Crippen LogP) is -0.0341. The number of piperidine rings is 1. The summed E-state index contributed by atoms with van der Waals surface area (Å²) in [4.78, 5) is 16.6. The Morgan fingerprint density at radius 2 is 1.94 bits per heavy atom. The van der Waals surface area contributed by atoms with Gasteiger partial charge in [0, 0.05) is 64.6 Å². The summed E-state index contributed by atoms with van der Waals surface area (Å²) in [5.74, 6) is 0.154. The maximum atomic E-state index is 12.3. The van der Waals surface area contributed by atoms with Crippen LogP contribution in [0.2, 0.25) is 0 Å². The van der Waals surface area contributed by atoms with Crippen molar-refractivity contribution < 1.29 is 23.1 Å². The van der Waals surface area contributed by atoms with Crippen LogP contribution in [0.1, 0.15) is 12.8 Å². The maximum absolute atomic E-state index is 12.3. The van der Waals surface area contributed by atoms with E-state index in [1.54, 1.807) is 14.2 Å². The highest BCUT2D eigenvalue weighted by molar-refractivity contribution is 7.88. The van der Waals surface area contributed by atoms with Crippen LogP contribution in [-0.2, 0) is 14.8 Å². The number of ether oxygens (including phenoxy) is 1. The number of benzene rings is 1. The topological polar surface area (TPSA) is 102 Å². The Labute approximate surface area is 185 Å². The van der Waals surface area contributed by atoms with E-state index < -0.39 is 21.5 Å². The summed E-state index contributed by atoms with van der Waals surface area (Å²) in [6.07, 6.45) is 2.37. The lowest BCUT2D eigenvalue weighted by Gasteiger charge is -2.42. The third-order valence-electron chi connectivity index (χ3n) is 6.28. The van der Waals surface area contributed by atoms with Gasteiger partial charge < -0.3 is 20.1 Å². The first-order valence-corrected chi connectivity index (χ1v) is 12.5. The summed E-state index contributed by atoms with van der Waals surface area (Å²) >= 11 is 0. The third kappa shape index (κ3) is 6.09. The van der Waals surface area contributed by atoms with Crippen LogP contribution in [0, 0.1) is 5.92 Å². The molecule has 0 spiro atoms. The SMILES string of the molecule is CNC(=O)C1CN(CC2(O)CCN(c3cccc(OC)c3)CC2)CCN(S(C)(=O)=O)C1. The third-order valence-corrected chi connectivity index (χ3v) is 7.55. The van der Waals surface area contributed by atoms with Crippen molar-refractivity contribution in [2.24, 2.45) is 5.92 Å². The molecule has 3 rings (SSSR count). The fraction of sp³-hybridized carbons (Fsp3) is 0.667. The number of aliphatic hydroxyl groups is 1. The summed E-state index contributed by atoms with van der Waals surface area (Å²) in [6, 6.07) is 7.90. The van der Waals surface area contributed by atoms with Gasteiger partial charge in [0.25, 0.3) is 0 Å².